The van der Waals surface area contributed by atoms with Crippen LogP contribution in [-0.4, -0.2) is 36.1 Å². The molecular weight excluding hydrogens is 232 g/mol. The minimum Gasteiger partial charge on any atom is -0.492 e. The van der Waals surface area contributed by atoms with Crippen LogP contribution in [0.4, 0.5) is 0 Å². The fraction of sp³-hybridized carbons (Fsp3) is 0.462. The molecule has 4 heteroatoms. The summed E-state index contributed by atoms with van der Waals surface area (Å²) >= 11 is 4.89. The lowest BCUT2D eigenvalue weighted by molar-refractivity contribution is 0.223. The Bertz CT molecular complexity index is 347. The van der Waals surface area contributed by atoms with Crippen LogP contribution in [-0.2, 0) is 0 Å². The van der Waals surface area contributed by atoms with Gasteiger partial charge in [0, 0.05) is 12.1 Å². The van der Waals surface area contributed by atoms with Gasteiger partial charge in [0.05, 0.1) is 0 Å². The highest BCUT2D eigenvalue weighted by Gasteiger charge is 2.00. The molecule has 0 saturated carbocycles. The maximum Gasteiger partial charge on any atom is 0.119 e. The fourth-order valence-corrected chi connectivity index (χ4v) is 1.68. The van der Waals surface area contributed by atoms with Crippen LogP contribution in [0.2, 0.25) is 0 Å². The molecule has 0 fully saturated rings. The minimum absolute atomic E-state index is 0.416. The Morgan fingerprint density at radius 2 is 1.82 bits per heavy atom. The van der Waals surface area contributed by atoms with Gasteiger partial charge in [0.15, 0.2) is 0 Å². The highest BCUT2D eigenvalue weighted by Crippen LogP contribution is 2.12. The van der Waals surface area contributed by atoms with Crippen molar-refractivity contribution < 1.29 is 4.74 Å². The highest BCUT2D eigenvalue weighted by molar-refractivity contribution is 7.80. The second-order valence-electron chi connectivity index (χ2n) is 3.76. The van der Waals surface area contributed by atoms with Gasteiger partial charge < -0.3 is 15.4 Å². The quantitative estimate of drug-likeness (QED) is 0.754. The normalized spacial score (nSPS) is 10.5. The molecule has 0 aromatic heterocycles. The van der Waals surface area contributed by atoms with Crippen molar-refractivity contribution in [1.82, 2.24) is 4.90 Å². The minimum atomic E-state index is 0.416. The van der Waals surface area contributed by atoms with Crippen LogP contribution in [0.3, 0.4) is 0 Å². The Morgan fingerprint density at radius 3 is 2.29 bits per heavy atom. The Kier molecular flexibility index (Phi) is 5.94. The van der Waals surface area contributed by atoms with Gasteiger partial charge in [-0.05, 0) is 37.4 Å². The molecule has 0 aliphatic carbocycles. The van der Waals surface area contributed by atoms with E-state index < -0.39 is 0 Å². The first kappa shape index (κ1) is 13.9. The van der Waals surface area contributed by atoms with Gasteiger partial charge in [0.25, 0.3) is 0 Å². The molecule has 3 nitrogen and oxygen atoms in total. The first-order chi connectivity index (χ1) is 8.17. The summed E-state index contributed by atoms with van der Waals surface area (Å²) in [5, 5.41) is 0. The van der Waals surface area contributed by atoms with Gasteiger partial charge in [-0.2, -0.15) is 0 Å². The number of rotatable bonds is 7. The van der Waals surface area contributed by atoms with E-state index in [9.17, 15) is 0 Å². The first-order valence-corrected chi connectivity index (χ1v) is 6.33. The lowest BCUT2D eigenvalue weighted by Gasteiger charge is -2.18. The topological polar surface area (TPSA) is 38.5 Å². The predicted octanol–water partition coefficient (Wildman–Crippen LogP) is 2.04. The monoisotopic (exact) mass is 252 g/mol. The third-order valence-electron chi connectivity index (χ3n) is 2.71. The Hall–Kier alpha value is -1.13. The zero-order valence-corrected chi connectivity index (χ0v) is 11.3. The van der Waals surface area contributed by atoms with Crippen molar-refractivity contribution >= 4 is 17.2 Å². The number of likely N-dealkylation sites (N-methyl/N-ethyl adjacent to an activating group) is 1. The molecule has 0 heterocycles. The Labute approximate surface area is 109 Å². The average molecular weight is 252 g/mol. The van der Waals surface area contributed by atoms with Crippen molar-refractivity contribution in [2.75, 3.05) is 26.2 Å². The molecule has 0 spiro atoms. The number of thiocarbonyl (C=S) groups is 1. The van der Waals surface area contributed by atoms with Gasteiger partial charge in [0.2, 0.25) is 0 Å². The molecule has 0 aliphatic heterocycles. The summed E-state index contributed by atoms with van der Waals surface area (Å²) in [6.45, 7) is 8.07. The van der Waals surface area contributed by atoms with E-state index >= 15 is 0 Å². The SMILES string of the molecule is CCN(CC)CCOc1ccc(C(N)=S)cc1. The number of ether oxygens (including phenoxy) is 1. The summed E-state index contributed by atoms with van der Waals surface area (Å²) < 4.78 is 5.65. The molecular formula is C13H20N2OS. The number of hydrogen-bond donors (Lipinski definition) is 1. The molecule has 1 rings (SSSR count). The average Bonchev–Trinajstić information content (AvgIpc) is 2.35. The lowest BCUT2D eigenvalue weighted by atomic mass is 10.2. The molecule has 2 N–H and O–H groups in total. The Balaban J connectivity index is 2.39. The molecule has 0 amide bonds. The third-order valence-corrected chi connectivity index (χ3v) is 2.95. The van der Waals surface area contributed by atoms with Crippen molar-refractivity contribution in [2.24, 2.45) is 5.73 Å². The van der Waals surface area contributed by atoms with E-state index in [1.165, 1.54) is 0 Å². The van der Waals surface area contributed by atoms with E-state index in [2.05, 4.69) is 18.7 Å². The van der Waals surface area contributed by atoms with Crippen molar-refractivity contribution in [3.63, 3.8) is 0 Å². The molecule has 0 atom stereocenters. The van der Waals surface area contributed by atoms with Crippen molar-refractivity contribution in [2.45, 2.75) is 13.8 Å². The smallest absolute Gasteiger partial charge is 0.119 e. The van der Waals surface area contributed by atoms with E-state index in [0.29, 0.717) is 11.6 Å². The predicted molar refractivity (Wildman–Crippen MR) is 75.6 cm³/mol. The van der Waals surface area contributed by atoms with Crippen LogP contribution in [0.1, 0.15) is 19.4 Å². The molecule has 0 aliphatic rings. The summed E-state index contributed by atoms with van der Waals surface area (Å²) in [5.74, 6) is 0.858. The van der Waals surface area contributed by atoms with E-state index in [1.54, 1.807) is 0 Å². The van der Waals surface area contributed by atoms with Crippen LogP contribution >= 0.6 is 12.2 Å². The lowest BCUT2D eigenvalue weighted by Crippen LogP contribution is -2.27. The number of nitrogens with two attached hydrogens (primary N) is 1. The van der Waals surface area contributed by atoms with Gasteiger partial charge >= 0.3 is 0 Å². The van der Waals surface area contributed by atoms with Crippen molar-refractivity contribution in [3.8, 4) is 5.75 Å². The van der Waals surface area contributed by atoms with E-state index in [-0.39, 0.29) is 0 Å². The summed E-state index contributed by atoms with van der Waals surface area (Å²) in [4.78, 5) is 2.74. The standard InChI is InChI=1S/C13H20N2OS/c1-3-15(4-2)9-10-16-12-7-5-11(6-8-12)13(14)17/h5-8H,3-4,9-10H2,1-2H3,(H2,14,17). The molecule has 0 unspecified atom stereocenters. The maximum absolute atomic E-state index is 5.65. The second-order valence-corrected chi connectivity index (χ2v) is 4.20. The molecule has 17 heavy (non-hydrogen) atoms. The highest BCUT2D eigenvalue weighted by atomic mass is 32.1. The second kappa shape index (κ2) is 7.25. The number of nitrogens with zero attached hydrogens (tertiary/aromatic N) is 1. The van der Waals surface area contributed by atoms with Gasteiger partial charge in [-0.25, -0.2) is 0 Å². The van der Waals surface area contributed by atoms with E-state index in [4.69, 9.17) is 22.7 Å². The van der Waals surface area contributed by atoms with Gasteiger partial charge in [-0.3, -0.25) is 0 Å². The van der Waals surface area contributed by atoms with E-state index in [1.807, 2.05) is 24.3 Å². The fourth-order valence-electron chi connectivity index (χ4n) is 1.55. The summed E-state index contributed by atoms with van der Waals surface area (Å²) in [7, 11) is 0. The molecule has 1 aromatic rings. The van der Waals surface area contributed by atoms with Gasteiger partial charge in [-0.1, -0.05) is 26.1 Å². The molecule has 0 radical (unpaired) electrons. The number of benzene rings is 1. The summed E-state index contributed by atoms with van der Waals surface area (Å²) in [6, 6.07) is 7.57. The van der Waals surface area contributed by atoms with Crippen LogP contribution in [0.25, 0.3) is 0 Å². The van der Waals surface area contributed by atoms with Crippen LogP contribution in [0.5, 0.6) is 5.75 Å². The zero-order chi connectivity index (χ0) is 12.7. The van der Waals surface area contributed by atoms with Crippen LogP contribution in [0.15, 0.2) is 24.3 Å². The zero-order valence-electron chi connectivity index (χ0n) is 10.5. The third kappa shape index (κ3) is 4.71. The summed E-state index contributed by atoms with van der Waals surface area (Å²) in [6.07, 6.45) is 0. The van der Waals surface area contributed by atoms with Gasteiger partial charge in [-0.15, -0.1) is 0 Å². The number of hydrogen-bond acceptors (Lipinski definition) is 3. The summed E-state index contributed by atoms with van der Waals surface area (Å²) in [5.41, 5.74) is 6.40. The van der Waals surface area contributed by atoms with Crippen LogP contribution < -0.4 is 10.5 Å². The largest absolute Gasteiger partial charge is 0.492 e. The first-order valence-electron chi connectivity index (χ1n) is 5.92. The molecule has 0 saturated heterocycles. The molecule has 1 aromatic carbocycles. The molecule has 0 bridgehead atoms. The van der Waals surface area contributed by atoms with Gasteiger partial charge in [0.1, 0.15) is 17.3 Å². The van der Waals surface area contributed by atoms with Crippen LogP contribution in [0, 0.1) is 0 Å². The van der Waals surface area contributed by atoms with Crippen molar-refractivity contribution in [3.05, 3.63) is 29.8 Å². The Morgan fingerprint density at radius 1 is 1.24 bits per heavy atom. The van der Waals surface area contributed by atoms with Crippen molar-refractivity contribution in [1.29, 1.82) is 0 Å². The maximum atomic E-state index is 5.65. The molecule has 94 valence electrons. The van der Waals surface area contributed by atoms with E-state index in [0.717, 1.165) is 30.9 Å².